The van der Waals surface area contributed by atoms with E-state index in [1.807, 2.05) is 24.3 Å². The lowest BCUT2D eigenvalue weighted by atomic mass is 10.1. The zero-order valence-electron chi connectivity index (χ0n) is 10.8. The van der Waals surface area contributed by atoms with Crippen LogP contribution in [0.1, 0.15) is 13.3 Å². The number of benzene rings is 1. The van der Waals surface area contributed by atoms with E-state index in [1.165, 1.54) is 6.42 Å². The standard InChI is InChI=1S/C14H21BrN2O/c1-11-7-12(9-16)10-17(11)5-6-18-14-4-2-3-13(15)8-14/h2-4,8,11-12H,5-7,9-10,16H2,1H3. The van der Waals surface area contributed by atoms with Crippen molar-refractivity contribution in [2.45, 2.75) is 19.4 Å². The number of ether oxygens (including phenoxy) is 1. The number of hydrogen-bond donors (Lipinski definition) is 1. The Morgan fingerprint density at radius 2 is 2.33 bits per heavy atom. The summed E-state index contributed by atoms with van der Waals surface area (Å²) in [6.45, 7) is 5.89. The van der Waals surface area contributed by atoms with E-state index in [9.17, 15) is 0 Å². The maximum Gasteiger partial charge on any atom is 0.120 e. The first kappa shape index (κ1) is 13.8. The van der Waals surface area contributed by atoms with E-state index < -0.39 is 0 Å². The highest BCUT2D eigenvalue weighted by Crippen LogP contribution is 2.22. The molecular weight excluding hydrogens is 292 g/mol. The van der Waals surface area contributed by atoms with Crippen LogP contribution in [-0.2, 0) is 0 Å². The van der Waals surface area contributed by atoms with Gasteiger partial charge in [0.25, 0.3) is 0 Å². The lowest BCUT2D eigenvalue weighted by Crippen LogP contribution is -2.32. The molecule has 1 fully saturated rings. The van der Waals surface area contributed by atoms with Gasteiger partial charge in [0.15, 0.2) is 0 Å². The van der Waals surface area contributed by atoms with Crippen molar-refractivity contribution in [2.24, 2.45) is 11.7 Å². The molecule has 0 amide bonds. The average Bonchev–Trinajstić information content (AvgIpc) is 2.71. The van der Waals surface area contributed by atoms with Gasteiger partial charge in [-0.2, -0.15) is 0 Å². The van der Waals surface area contributed by atoms with Gasteiger partial charge >= 0.3 is 0 Å². The molecule has 0 aromatic heterocycles. The van der Waals surface area contributed by atoms with Crippen molar-refractivity contribution >= 4 is 15.9 Å². The molecule has 2 unspecified atom stereocenters. The Labute approximate surface area is 117 Å². The second-order valence-corrected chi connectivity index (χ2v) is 5.90. The van der Waals surface area contributed by atoms with Crippen molar-refractivity contribution in [3.63, 3.8) is 0 Å². The second-order valence-electron chi connectivity index (χ2n) is 4.99. The third kappa shape index (κ3) is 3.70. The third-order valence-electron chi connectivity index (χ3n) is 3.57. The zero-order chi connectivity index (χ0) is 13.0. The molecule has 0 bridgehead atoms. The Morgan fingerprint density at radius 3 is 3.00 bits per heavy atom. The first-order chi connectivity index (χ1) is 8.69. The lowest BCUT2D eigenvalue weighted by molar-refractivity contribution is 0.202. The van der Waals surface area contributed by atoms with E-state index >= 15 is 0 Å². The summed E-state index contributed by atoms with van der Waals surface area (Å²) in [5.74, 6) is 1.58. The molecule has 1 aliphatic rings. The van der Waals surface area contributed by atoms with Gasteiger partial charge in [0.1, 0.15) is 12.4 Å². The van der Waals surface area contributed by atoms with Crippen LogP contribution < -0.4 is 10.5 Å². The van der Waals surface area contributed by atoms with Crippen LogP contribution in [0.5, 0.6) is 5.75 Å². The first-order valence-electron chi connectivity index (χ1n) is 6.51. The van der Waals surface area contributed by atoms with E-state index in [-0.39, 0.29) is 0 Å². The van der Waals surface area contributed by atoms with E-state index in [0.717, 1.165) is 36.5 Å². The topological polar surface area (TPSA) is 38.5 Å². The summed E-state index contributed by atoms with van der Waals surface area (Å²) in [6.07, 6.45) is 1.22. The van der Waals surface area contributed by atoms with Crippen LogP contribution in [0.15, 0.2) is 28.7 Å². The summed E-state index contributed by atoms with van der Waals surface area (Å²) in [6, 6.07) is 8.60. The molecule has 1 aliphatic heterocycles. The minimum atomic E-state index is 0.629. The van der Waals surface area contributed by atoms with Crippen molar-refractivity contribution < 1.29 is 4.74 Å². The molecule has 2 N–H and O–H groups in total. The van der Waals surface area contributed by atoms with Gasteiger partial charge in [-0.15, -0.1) is 0 Å². The molecule has 2 atom stereocenters. The highest BCUT2D eigenvalue weighted by Gasteiger charge is 2.27. The second kappa shape index (κ2) is 6.55. The number of nitrogens with two attached hydrogens (primary N) is 1. The number of likely N-dealkylation sites (tertiary alicyclic amines) is 1. The summed E-state index contributed by atoms with van der Waals surface area (Å²) in [5.41, 5.74) is 5.73. The summed E-state index contributed by atoms with van der Waals surface area (Å²) < 4.78 is 6.82. The lowest BCUT2D eigenvalue weighted by Gasteiger charge is -2.21. The van der Waals surface area contributed by atoms with Crippen LogP contribution in [0.2, 0.25) is 0 Å². The normalized spacial score (nSPS) is 24.4. The quantitative estimate of drug-likeness (QED) is 0.908. The van der Waals surface area contributed by atoms with Crippen molar-refractivity contribution in [1.29, 1.82) is 0 Å². The van der Waals surface area contributed by atoms with Gasteiger partial charge < -0.3 is 10.5 Å². The van der Waals surface area contributed by atoms with Crippen molar-refractivity contribution in [3.05, 3.63) is 28.7 Å². The maximum atomic E-state index is 5.76. The molecule has 1 aromatic carbocycles. The predicted molar refractivity (Wildman–Crippen MR) is 77.8 cm³/mol. The average molecular weight is 313 g/mol. The summed E-state index contributed by atoms with van der Waals surface area (Å²) in [4.78, 5) is 2.47. The maximum absolute atomic E-state index is 5.76. The summed E-state index contributed by atoms with van der Waals surface area (Å²) >= 11 is 3.44. The minimum absolute atomic E-state index is 0.629. The minimum Gasteiger partial charge on any atom is -0.492 e. The molecule has 1 saturated heterocycles. The van der Waals surface area contributed by atoms with Crippen molar-refractivity contribution in [3.8, 4) is 5.75 Å². The van der Waals surface area contributed by atoms with Gasteiger partial charge in [0.05, 0.1) is 0 Å². The Morgan fingerprint density at radius 1 is 1.50 bits per heavy atom. The molecule has 0 radical (unpaired) electrons. The largest absolute Gasteiger partial charge is 0.492 e. The highest BCUT2D eigenvalue weighted by molar-refractivity contribution is 9.10. The van der Waals surface area contributed by atoms with Gasteiger partial charge in [-0.25, -0.2) is 0 Å². The van der Waals surface area contributed by atoms with E-state index in [2.05, 4.69) is 27.8 Å². The monoisotopic (exact) mass is 312 g/mol. The highest BCUT2D eigenvalue weighted by atomic mass is 79.9. The first-order valence-corrected chi connectivity index (χ1v) is 7.31. The Bertz CT molecular complexity index is 386. The molecule has 100 valence electrons. The van der Waals surface area contributed by atoms with E-state index in [1.54, 1.807) is 0 Å². The van der Waals surface area contributed by atoms with Crippen molar-refractivity contribution in [1.82, 2.24) is 4.90 Å². The Kier molecular flexibility index (Phi) is 5.03. The molecule has 4 heteroatoms. The van der Waals surface area contributed by atoms with Gasteiger partial charge in [0, 0.05) is 23.6 Å². The number of hydrogen-bond acceptors (Lipinski definition) is 3. The fraction of sp³-hybridized carbons (Fsp3) is 0.571. The molecule has 0 spiro atoms. The van der Waals surface area contributed by atoms with Gasteiger partial charge in [-0.3, -0.25) is 4.90 Å². The van der Waals surface area contributed by atoms with Gasteiger partial charge in [-0.05, 0) is 44.0 Å². The van der Waals surface area contributed by atoms with Crippen LogP contribution in [0.3, 0.4) is 0 Å². The molecule has 3 nitrogen and oxygen atoms in total. The molecule has 1 heterocycles. The molecular formula is C14H21BrN2O. The van der Waals surface area contributed by atoms with E-state index in [0.29, 0.717) is 12.0 Å². The smallest absolute Gasteiger partial charge is 0.120 e. The van der Waals surface area contributed by atoms with Crippen LogP contribution in [0.4, 0.5) is 0 Å². The van der Waals surface area contributed by atoms with Crippen LogP contribution in [-0.4, -0.2) is 37.2 Å². The molecule has 2 rings (SSSR count). The molecule has 0 aliphatic carbocycles. The van der Waals surface area contributed by atoms with E-state index in [4.69, 9.17) is 10.5 Å². The summed E-state index contributed by atoms with van der Waals surface area (Å²) in [5, 5.41) is 0. The number of nitrogens with zero attached hydrogens (tertiary/aromatic N) is 1. The zero-order valence-corrected chi connectivity index (χ0v) is 12.4. The fourth-order valence-electron chi connectivity index (χ4n) is 2.54. The molecule has 18 heavy (non-hydrogen) atoms. The third-order valence-corrected chi connectivity index (χ3v) is 4.06. The van der Waals surface area contributed by atoms with Crippen molar-refractivity contribution in [2.75, 3.05) is 26.2 Å². The van der Waals surface area contributed by atoms with Crippen LogP contribution in [0, 0.1) is 5.92 Å². The predicted octanol–water partition coefficient (Wildman–Crippen LogP) is 2.50. The molecule has 0 saturated carbocycles. The number of halogens is 1. The Balaban J connectivity index is 1.75. The fourth-order valence-corrected chi connectivity index (χ4v) is 2.92. The van der Waals surface area contributed by atoms with Crippen LogP contribution >= 0.6 is 15.9 Å². The molecule has 1 aromatic rings. The summed E-state index contributed by atoms with van der Waals surface area (Å²) in [7, 11) is 0. The van der Waals surface area contributed by atoms with Gasteiger partial charge in [0.2, 0.25) is 0 Å². The number of rotatable bonds is 5. The SMILES string of the molecule is CC1CC(CN)CN1CCOc1cccc(Br)c1. The van der Waals surface area contributed by atoms with Crippen LogP contribution in [0.25, 0.3) is 0 Å². The van der Waals surface area contributed by atoms with Gasteiger partial charge in [-0.1, -0.05) is 22.0 Å². The Hall–Kier alpha value is -0.580.